The van der Waals surface area contributed by atoms with Gasteiger partial charge in [-0.3, -0.25) is 0 Å². The highest BCUT2D eigenvalue weighted by molar-refractivity contribution is 5.19. The molecule has 49 heavy (non-hydrogen) atoms. The Labute approximate surface area is 302 Å². The van der Waals surface area contributed by atoms with Gasteiger partial charge >= 0.3 is 0 Å². The summed E-state index contributed by atoms with van der Waals surface area (Å²) in [5.41, 5.74) is 0. The third-order valence-electron chi connectivity index (χ3n) is 22.8. The Morgan fingerprint density at radius 2 is 0.592 bits per heavy atom. The van der Waals surface area contributed by atoms with Gasteiger partial charge in [0, 0.05) is 0 Å². The standard InChI is InChI=1S/C19H28.C16H26.C14H22/c1-2-9-5-12-7-13(9)19-15-8-14(18(12)19)16-10-3-4-11(6-10)17(15)16;1-2-10-9-13-7-8-14(10)16-12-5-3-11(4-6-12)15(13)16;1-2-8-5-11-7-12(8)14-10-4-3-9(6-10)13(11)14/h9-19H,2-8H2,1H3;10-16H,2-9H2,1H3;8-14H,2-7H2,1H3. The SMILES string of the molecule is CCC1CC2CC1C1C3CC(C4C5CCC(C5)C34)C21.CCC1CC2CC1C1C3CCC(C3)C21.CCC1CC2CCC1C1C3CCC(CC3)C21. The fraction of sp³-hybridized carbons (Fsp3) is 1.00. The summed E-state index contributed by atoms with van der Waals surface area (Å²) in [5.74, 6) is 29.8. The van der Waals surface area contributed by atoms with Crippen LogP contribution in [0.2, 0.25) is 0 Å². The van der Waals surface area contributed by atoms with E-state index < -0.39 is 0 Å². The minimum absolute atomic E-state index is 1.12. The summed E-state index contributed by atoms with van der Waals surface area (Å²) in [6.45, 7) is 7.34. The largest absolute Gasteiger partial charge is 0.0651 e. The predicted molar refractivity (Wildman–Crippen MR) is 201 cm³/mol. The van der Waals surface area contributed by atoms with Crippen LogP contribution in [0.4, 0.5) is 0 Å². The molecule has 16 fully saturated rings. The molecular weight excluding hydrogens is 589 g/mol. The number of rotatable bonds is 3. The molecule has 0 aliphatic heterocycles. The molecule has 0 heteroatoms. The van der Waals surface area contributed by atoms with Crippen molar-refractivity contribution in [3.63, 3.8) is 0 Å². The maximum Gasteiger partial charge on any atom is -0.0318 e. The lowest BCUT2D eigenvalue weighted by atomic mass is 9.43. The summed E-state index contributed by atoms with van der Waals surface area (Å²) in [6.07, 6.45) is 33.7. The monoisotopic (exact) mass is 665 g/mol. The highest BCUT2D eigenvalue weighted by Crippen LogP contribution is 2.77. The van der Waals surface area contributed by atoms with Crippen molar-refractivity contribution in [3.8, 4) is 0 Å². The van der Waals surface area contributed by atoms with E-state index in [0.717, 1.165) is 35.5 Å². The van der Waals surface area contributed by atoms with Gasteiger partial charge in [0.1, 0.15) is 0 Å². The maximum absolute atomic E-state index is 2.47. The molecule has 14 bridgehead atoms. The minimum Gasteiger partial charge on any atom is -0.0651 e. The molecule has 16 aliphatic rings. The Morgan fingerprint density at radius 1 is 0.245 bits per heavy atom. The van der Waals surface area contributed by atoms with Crippen LogP contribution in [0.3, 0.4) is 0 Å². The van der Waals surface area contributed by atoms with Crippen molar-refractivity contribution in [3.05, 3.63) is 0 Å². The van der Waals surface area contributed by atoms with E-state index in [2.05, 4.69) is 20.8 Å². The zero-order valence-corrected chi connectivity index (χ0v) is 32.3. The summed E-state index contributed by atoms with van der Waals surface area (Å²) >= 11 is 0. The van der Waals surface area contributed by atoms with E-state index in [1.165, 1.54) is 132 Å². The molecule has 0 saturated heterocycles. The van der Waals surface area contributed by atoms with E-state index in [9.17, 15) is 0 Å². The van der Waals surface area contributed by atoms with Gasteiger partial charge in [0.2, 0.25) is 0 Å². The molecule has 23 unspecified atom stereocenters. The molecule has 272 valence electrons. The van der Waals surface area contributed by atoms with Gasteiger partial charge in [-0.2, -0.15) is 0 Å². The Hall–Kier alpha value is 0. The van der Waals surface area contributed by atoms with E-state index in [-0.39, 0.29) is 0 Å². The van der Waals surface area contributed by atoms with E-state index >= 15 is 0 Å². The molecule has 0 nitrogen and oxygen atoms in total. The highest BCUT2D eigenvalue weighted by atomic mass is 14.8. The maximum atomic E-state index is 2.47. The van der Waals surface area contributed by atoms with Crippen LogP contribution in [0.15, 0.2) is 0 Å². The van der Waals surface area contributed by atoms with E-state index in [1.54, 1.807) is 116 Å². The lowest BCUT2D eigenvalue weighted by molar-refractivity contribution is -0.131. The first-order valence-corrected chi connectivity index (χ1v) is 24.1. The van der Waals surface area contributed by atoms with Crippen molar-refractivity contribution in [2.45, 2.75) is 156 Å². The summed E-state index contributed by atoms with van der Waals surface area (Å²) < 4.78 is 0. The second kappa shape index (κ2) is 11.5. The molecule has 23 atom stereocenters. The van der Waals surface area contributed by atoms with Crippen LogP contribution in [0.1, 0.15) is 156 Å². The fourth-order valence-corrected chi connectivity index (χ4v) is 22.1. The van der Waals surface area contributed by atoms with Crippen LogP contribution in [-0.2, 0) is 0 Å². The predicted octanol–water partition coefficient (Wildman–Crippen LogP) is 12.8. The second-order valence-corrected chi connectivity index (χ2v) is 23.1. The van der Waals surface area contributed by atoms with Gasteiger partial charge in [-0.15, -0.1) is 0 Å². The number of hydrogen-bond donors (Lipinski definition) is 0. The van der Waals surface area contributed by atoms with Crippen LogP contribution in [0.25, 0.3) is 0 Å². The molecule has 0 aromatic rings. The van der Waals surface area contributed by atoms with Gasteiger partial charge in [-0.05, 0) is 264 Å². The summed E-state index contributed by atoms with van der Waals surface area (Å²) in [5, 5.41) is 0. The van der Waals surface area contributed by atoms with Crippen molar-refractivity contribution in [1.29, 1.82) is 0 Å². The smallest absolute Gasteiger partial charge is 0.0318 e. The van der Waals surface area contributed by atoms with Crippen molar-refractivity contribution in [2.24, 2.45) is 148 Å². The lowest BCUT2D eigenvalue weighted by Gasteiger charge is -2.62. The van der Waals surface area contributed by atoms with Crippen molar-refractivity contribution < 1.29 is 0 Å². The quantitative estimate of drug-likeness (QED) is 0.263. The normalized spacial score (nSPS) is 64.8. The van der Waals surface area contributed by atoms with Crippen LogP contribution in [0.5, 0.6) is 0 Å². The molecule has 0 heterocycles. The lowest BCUT2D eigenvalue weighted by Crippen LogP contribution is -2.55. The van der Waals surface area contributed by atoms with Crippen molar-refractivity contribution >= 4 is 0 Å². The zero-order chi connectivity index (χ0) is 32.3. The topological polar surface area (TPSA) is 0 Å². The molecule has 0 aromatic heterocycles. The first-order valence-electron chi connectivity index (χ1n) is 24.1. The van der Waals surface area contributed by atoms with Crippen molar-refractivity contribution in [1.82, 2.24) is 0 Å². The van der Waals surface area contributed by atoms with Gasteiger partial charge < -0.3 is 0 Å². The molecule has 0 radical (unpaired) electrons. The Balaban J connectivity index is 0.0000000859. The van der Waals surface area contributed by atoms with Crippen LogP contribution >= 0.6 is 0 Å². The molecule has 0 aromatic carbocycles. The fourth-order valence-electron chi connectivity index (χ4n) is 22.1. The summed E-state index contributed by atoms with van der Waals surface area (Å²) in [4.78, 5) is 0. The first-order chi connectivity index (χ1) is 24.1. The minimum atomic E-state index is 1.12. The average Bonchev–Trinajstić information content (AvgIpc) is 4.02. The Morgan fingerprint density at radius 3 is 1.20 bits per heavy atom. The molecular formula is C49H76. The summed E-state index contributed by atoms with van der Waals surface area (Å²) in [7, 11) is 0. The third-order valence-corrected chi connectivity index (χ3v) is 22.8. The van der Waals surface area contributed by atoms with Gasteiger partial charge in [0.15, 0.2) is 0 Å². The van der Waals surface area contributed by atoms with Crippen LogP contribution in [0, 0.1) is 148 Å². The zero-order valence-electron chi connectivity index (χ0n) is 32.3. The van der Waals surface area contributed by atoms with Crippen molar-refractivity contribution in [2.75, 3.05) is 0 Å². The third kappa shape index (κ3) is 4.23. The molecule has 16 saturated carbocycles. The number of hydrogen-bond acceptors (Lipinski definition) is 0. The van der Waals surface area contributed by atoms with Gasteiger partial charge in [0.05, 0.1) is 0 Å². The van der Waals surface area contributed by atoms with Crippen LogP contribution < -0.4 is 0 Å². The number of fused-ring (bicyclic) bond motifs is 29. The molecule has 0 N–H and O–H groups in total. The highest BCUT2D eigenvalue weighted by Gasteiger charge is 2.71. The molecule has 16 rings (SSSR count). The van der Waals surface area contributed by atoms with E-state index in [4.69, 9.17) is 0 Å². The molecule has 0 spiro atoms. The molecule has 16 aliphatic carbocycles. The van der Waals surface area contributed by atoms with Gasteiger partial charge in [-0.25, -0.2) is 0 Å². The Bertz CT molecular complexity index is 1260. The van der Waals surface area contributed by atoms with Gasteiger partial charge in [-0.1, -0.05) is 40.0 Å². The van der Waals surface area contributed by atoms with E-state index in [1.807, 2.05) is 0 Å². The summed E-state index contributed by atoms with van der Waals surface area (Å²) in [6, 6.07) is 0. The first kappa shape index (κ1) is 31.4. The van der Waals surface area contributed by atoms with E-state index in [0.29, 0.717) is 0 Å². The second-order valence-electron chi connectivity index (χ2n) is 23.1. The molecule has 0 amide bonds. The van der Waals surface area contributed by atoms with Crippen LogP contribution in [-0.4, -0.2) is 0 Å². The van der Waals surface area contributed by atoms with Gasteiger partial charge in [0.25, 0.3) is 0 Å². The average molecular weight is 665 g/mol. The Kier molecular flexibility index (Phi) is 7.36.